The van der Waals surface area contributed by atoms with Crippen molar-refractivity contribution in [2.75, 3.05) is 13.1 Å². The van der Waals surface area contributed by atoms with Crippen molar-refractivity contribution in [3.8, 4) is 0 Å². The zero-order chi connectivity index (χ0) is 14.7. The van der Waals surface area contributed by atoms with Crippen molar-refractivity contribution in [1.29, 1.82) is 0 Å². The predicted octanol–water partition coefficient (Wildman–Crippen LogP) is 1.23. The van der Waals surface area contributed by atoms with Crippen LogP contribution in [0.2, 0.25) is 0 Å². The van der Waals surface area contributed by atoms with Crippen molar-refractivity contribution in [2.45, 2.75) is 38.0 Å². The number of rotatable bonds is 4. The van der Waals surface area contributed by atoms with Gasteiger partial charge < -0.3 is 15.3 Å². The molecule has 0 bridgehead atoms. The van der Waals surface area contributed by atoms with E-state index in [9.17, 15) is 9.90 Å². The van der Waals surface area contributed by atoms with Gasteiger partial charge in [-0.05, 0) is 31.0 Å². The third kappa shape index (κ3) is 3.49. The van der Waals surface area contributed by atoms with Crippen molar-refractivity contribution in [3.63, 3.8) is 0 Å². The number of carbonyl (C=O) groups is 1. The van der Waals surface area contributed by atoms with E-state index in [1.54, 1.807) is 6.34 Å². The molecule has 0 aromatic heterocycles. The molecule has 0 amide bonds. The second kappa shape index (κ2) is 6.37. The summed E-state index contributed by atoms with van der Waals surface area (Å²) in [6.45, 7) is 1.95. The van der Waals surface area contributed by atoms with Crippen LogP contribution in [-0.2, 0) is 11.3 Å². The summed E-state index contributed by atoms with van der Waals surface area (Å²) in [5, 5.41) is 13.1. The van der Waals surface area contributed by atoms with Crippen LogP contribution in [0.5, 0.6) is 0 Å². The number of Topliss-reactive ketones (excluding diaryl/α,β-unsaturated/α-hetero) is 1. The topological polar surface area (TPSA) is 64.9 Å². The number of nitrogens with one attached hydrogen (secondary N) is 1. The Kier molecular flexibility index (Phi) is 4.31. The Morgan fingerprint density at radius 3 is 3.14 bits per heavy atom. The molecule has 0 unspecified atom stereocenters. The normalized spacial score (nSPS) is 24.7. The smallest absolute Gasteiger partial charge is 0.153 e. The summed E-state index contributed by atoms with van der Waals surface area (Å²) < 4.78 is 0. The van der Waals surface area contributed by atoms with E-state index in [-0.39, 0.29) is 11.8 Å². The maximum Gasteiger partial charge on any atom is 0.153 e. The average molecular weight is 287 g/mol. The molecule has 2 aliphatic rings. The molecule has 3 rings (SSSR count). The lowest BCUT2D eigenvalue weighted by molar-refractivity contribution is -0.120. The molecule has 0 radical (unpaired) electrons. The lowest BCUT2D eigenvalue weighted by Gasteiger charge is -2.29. The number of hydrogen-bond acceptors (Lipinski definition) is 5. The minimum Gasteiger partial charge on any atom is -0.391 e. The number of para-hydroxylation sites is 1. The molecule has 2 heterocycles. The van der Waals surface area contributed by atoms with E-state index in [0.717, 1.165) is 30.6 Å². The van der Waals surface area contributed by atoms with Gasteiger partial charge in [-0.15, -0.1) is 0 Å². The van der Waals surface area contributed by atoms with Crippen LogP contribution < -0.4 is 5.32 Å². The molecule has 0 saturated carbocycles. The standard InChI is InChI=1S/C16H21N3O2/c20-13(8-15-16(21)6-3-7-17-15)10-19-9-12-4-1-2-5-14(12)18-11-19/h1-2,4-5,11,15-17,21H,3,6-10H2/t15-,16+/m1/s1. The Balaban J connectivity index is 1.54. The highest BCUT2D eigenvalue weighted by molar-refractivity contribution is 5.83. The van der Waals surface area contributed by atoms with Gasteiger partial charge in [0.2, 0.25) is 0 Å². The Morgan fingerprint density at radius 2 is 2.29 bits per heavy atom. The molecule has 21 heavy (non-hydrogen) atoms. The first kappa shape index (κ1) is 14.2. The summed E-state index contributed by atoms with van der Waals surface area (Å²) in [5.74, 6) is 0.138. The van der Waals surface area contributed by atoms with E-state index < -0.39 is 6.10 Å². The number of hydrogen-bond donors (Lipinski definition) is 2. The number of ketones is 1. The zero-order valence-corrected chi connectivity index (χ0v) is 12.0. The Morgan fingerprint density at radius 1 is 1.43 bits per heavy atom. The van der Waals surface area contributed by atoms with Crippen LogP contribution in [0.25, 0.3) is 0 Å². The number of benzene rings is 1. The van der Waals surface area contributed by atoms with Crippen molar-refractivity contribution in [3.05, 3.63) is 29.8 Å². The minimum absolute atomic E-state index is 0.0970. The third-order valence-corrected chi connectivity index (χ3v) is 4.10. The molecule has 1 fully saturated rings. The zero-order valence-electron chi connectivity index (χ0n) is 12.0. The number of aliphatic hydroxyl groups is 1. The van der Waals surface area contributed by atoms with E-state index in [1.807, 2.05) is 29.2 Å². The van der Waals surface area contributed by atoms with Crippen molar-refractivity contribution < 1.29 is 9.90 Å². The van der Waals surface area contributed by atoms with Crippen molar-refractivity contribution in [2.24, 2.45) is 4.99 Å². The first-order valence-corrected chi connectivity index (χ1v) is 7.51. The molecular weight excluding hydrogens is 266 g/mol. The van der Waals surface area contributed by atoms with Gasteiger partial charge in [0.1, 0.15) is 0 Å². The molecule has 2 N–H and O–H groups in total. The summed E-state index contributed by atoms with van der Waals surface area (Å²) >= 11 is 0. The Labute approximate surface area is 124 Å². The minimum atomic E-state index is -0.404. The first-order chi connectivity index (χ1) is 10.2. The molecule has 2 atom stereocenters. The summed E-state index contributed by atoms with van der Waals surface area (Å²) in [5.41, 5.74) is 2.12. The molecule has 5 nitrogen and oxygen atoms in total. The van der Waals surface area contributed by atoms with Gasteiger partial charge in [-0.3, -0.25) is 4.79 Å². The van der Waals surface area contributed by atoms with Crippen molar-refractivity contribution >= 4 is 17.8 Å². The van der Waals surface area contributed by atoms with Crippen LogP contribution in [0.15, 0.2) is 29.3 Å². The lowest BCUT2D eigenvalue weighted by atomic mass is 9.96. The third-order valence-electron chi connectivity index (χ3n) is 4.10. The lowest BCUT2D eigenvalue weighted by Crippen LogP contribution is -2.47. The van der Waals surface area contributed by atoms with E-state index in [2.05, 4.69) is 10.3 Å². The van der Waals surface area contributed by atoms with Crippen LogP contribution >= 0.6 is 0 Å². The molecule has 5 heteroatoms. The number of fused-ring (bicyclic) bond motifs is 1. The molecule has 1 aromatic rings. The summed E-state index contributed by atoms with van der Waals surface area (Å²) in [4.78, 5) is 18.5. The molecule has 2 aliphatic heterocycles. The fourth-order valence-electron chi connectivity index (χ4n) is 2.95. The quantitative estimate of drug-likeness (QED) is 0.874. The van der Waals surface area contributed by atoms with Gasteiger partial charge in [0, 0.05) is 19.0 Å². The van der Waals surface area contributed by atoms with E-state index in [0.29, 0.717) is 19.5 Å². The fourth-order valence-corrected chi connectivity index (χ4v) is 2.95. The van der Waals surface area contributed by atoms with E-state index in [1.165, 1.54) is 0 Å². The predicted molar refractivity (Wildman–Crippen MR) is 81.7 cm³/mol. The monoisotopic (exact) mass is 287 g/mol. The first-order valence-electron chi connectivity index (χ1n) is 7.51. The van der Waals surface area contributed by atoms with Gasteiger partial charge in [0.25, 0.3) is 0 Å². The number of aliphatic imine (C=N–C) groups is 1. The van der Waals surface area contributed by atoms with Crippen LogP contribution in [0.1, 0.15) is 24.8 Å². The second-order valence-corrected chi connectivity index (χ2v) is 5.79. The molecule has 1 aromatic carbocycles. The summed E-state index contributed by atoms with van der Waals surface area (Å²) in [6.07, 6.45) is 3.47. The molecular formula is C16H21N3O2. The second-order valence-electron chi connectivity index (χ2n) is 5.79. The fraction of sp³-hybridized carbons (Fsp3) is 0.500. The maximum absolute atomic E-state index is 12.2. The van der Waals surface area contributed by atoms with Gasteiger partial charge in [-0.1, -0.05) is 18.2 Å². The van der Waals surface area contributed by atoms with Gasteiger partial charge in [-0.25, -0.2) is 4.99 Å². The van der Waals surface area contributed by atoms with Crippen LogP contribution in [0, 0.1) is 0 Å². The van der Waals surface area contributed by atoms with Crippen molar-refractivity contribution in [1.82, 2.24) is 10.2 Å². The molecule has 112 valence electrons. The molecule has 0 aliphatic carbocycles. The van der Waals surface area contributed by atoms with Gasteiger partial charge >= 0.3 is 0 Å². The van der Waals surface area contributed by atoms with Crippen LogP contribution in [0.4, 0.5) is 5.69 Å². The van der Waals surface area contributed by atoms with Crippen LogP contribution in [0.3, 0.4) is 0 Å². The highest BCUT2D eigenvalue weighted by atomic mass is 16.3. The summed E-state index contributed by atoms with van der Waals surface area (Å²) in [7, 11) is 0. The largest absolute Gasteiger partial charge is 0.391 e. The molecule has 1 saturated heterocycles. The highest BCUT2D eigenvalue weighted by Crippen LogP contribution is 2.23. The number of aliphatic hydroxyl groups excluding tert-OH is 1. The average Bonchev–Trinajstić information content (AvgIpc) is 2.49. The number of nitrogens with zero attached hydrogens (tertiary/aromatic N) is 2. The van der Waals surface area contributed by atoms with Crippen LogP contribution in [-0.4, -0.2) is 47.4 Å². The molecule has 0 spiro atoms. The maximum atomic E-state index is 12.2. The van der Waals surface area contributed by atoms with Gasteiger partial charge in [0.15, 0.2) is 5.78 Å². The Hall–Kier alpha value is -1.72. The number of piperidine rings is 1. The van der Waals surface area contributed by atoms with Gasteiger partial charge in [-0.2, -0.15) is 0 Å². The van der Waals surface area contributed by atoms with E-state index >= 15 is 0 Å². The van der Waals surface area contributed by atoms with E-state index in [4.69, 9.17) is 0 Å². The van der Waals surface area contributed by atoms with Gasteiger partial charge in [0.05, 0.1) is 24.7 Å². The number of carbonyl (C=O) groups excluding carboxylic acids is 1. The SMILES string of the molecule is O=C(C[C@H]1NCCC[C@@H]1O)CN1C=Nc2ccccc2C1. The Bertz CT molecular complexity index is 544. The highest BCUT2D eigenvalue weighted by Gasteiger charge is 2.25. The summed E-state index contributed by atoms with van der Waals surface area (Å²) in [6, 6.07) is 7.87.